The highest BCUT2D eigenvalue weighted by molar-refractivity contribution is 7.71. The molecular formula is C18H13N3OS. The Labute approximate surface area is 138 Å². The summed E-state index contributed by atoms with van der Waals surface area (Å²) in [6.07, 6.45) is 3.65. The van der Waals surface area contributed by atoms with Crippen molar-refractivity contribution >= 4 is 35.8 Å². The lowest BCUT2D eigenvalue weighted by Crippen LogP contribution is -1.92. The highest BCUT2D eigenvalue weighted by Crippen LogP contribution is 2.33. The van der Waals surface area contributed by atoms with Gasteiger partial charge in [0, 0.05) is 17.4 Å². The summed E-state index contributed by atoms with van der Waals surface area (Å²) < 4.78 is 2.06. The Morgan fingerprint density at radius 2 is 1.78 bits per heavy atom. The van der Waals surface area contributed by atoms with Crippen molar-refractivity contribution in [2.45, 2.75) is 0 Å². The number of fused-ring (bicyclic) bond motifs is 1. The highest BCUT2D eigenvalue weighted by Gasteiger charge is 2.15. The molecule has 1 aromatic heterocycles. The second-order valence-electron chi connectivity index (χ2n) is 5.21. The van der Waals surface area contributed by atoms with Gasteiger partial charge < -0.3 is 10.1 Å². The van der Waals surface area contributed by atoms with Crippen LogP contribution < -0.4 is 0 Å². The molecule has 4 nitrogen and oxygen atoms in total. The Balaban J connectivity index is 1.83. The number of hydrogen-bond acceptors (Lipinski definition) is 3. The quantitative estimate of drug-likeness (QED) is 0.683. The van der Waals surface area contributed by atoms with E-state index in [4.69, 9.17) is 12.2 Å². The molecule has 0 amide bonds. The zero-order valence-electron chi connectivity index (χ0n) is 12.1. The van der Waals surface area contributed by atoms with Crippen molar-refractivity contribution in [1.29, 1.82) is 0 Å². The van der Waals surface area contributed by atoms with Gasteiger partial charge in [-0.25, -0.2) is 0 Å². The van der Waals surface area contributed by atoms with Gasteiger partial charge in [0.2, 0.25) is 5.88 Å². The predicted octanol–water partition coefficient (Wildman–Crippen LogP) is 4.50. The van der Waals surface area contributed by atoms with Gasteiger partial charge in [-0.1, -0.05) is 36.4 Å². The van der Waals surface area contributed by atoms with E-state index in [2.05, 4.69) is 9.98 Å². The fourth-order valence-electron chi connectivity index (χ4n) is 2.67. The maximum Gasteiger partial charge on any atom is 0.222 e. The minimum absolute atomic E-state index is 0.0893. The molecule has 1 aliphatic rings. The van der Waals surface area contributed by atoms with Crippen LogP contribution in [0.15, 0.2) is 59.6 Å². The van der Waals surface area contributed by atoms with Crippen LogP contribution in [0, 0.1) is 4.77 Å². The first-order valence-corrected chi connectivity index (χ1v) is 7.59. The molecule has 0 radical (unpaired) electrons. The van der Waals surface area contributed by atoms with Gasteiger partial charge in [-0.3, -0.25) is 9.56 Å². The lowest BCUT2D eigenvalue weighted by Gasteiger charge is -2.03. The molecule has 0 bridgehead atoms. The molecule has 1 aliphatic heterocycles. The van der Waals surface area contributed by atoms with Crippen LogP contribution in [0.2, 0.25) is 0 Å². The number of hydrogen-bond donors (Lipinski definition) is 2. The first-order valence-electron chi connectivity index (χ1n) is 7.18. The Hall–Kier alpha value is -2.92. The molecule has 23 heavy (non-hydrogen) atoms. The van der Waals surface area contributed by atoms with E-state index in [1.54, 1.807) is 10.8 Å². The number of nitrogens with zero attached hydrogens (tertiary/aromatic N) is 2. The number of allylic oxidation sites excluding steroid dienone is 1. The number of rotatable bonds is 2. The number of aromatic nitrogens is 2. The van der Waals surface area contributed by atoms with Crippen molar-refractivity contribution in [3.05, 3.63) is 70.6 Å². The van der Waals surface area contributed by atoms with E-state index in [0.717, 1.165) is 22.5 Å². The summed E-state index contributed by atoms with van der Waals surface area (Å²) in [5.41, 5.74) is 4.29. The SMILES string of the molecule is Oc1c(C=C2C=Nc3ccccc32)[nH]c(=S)n1-c1ccccc1. The molecule has 2 aromatic carbocycles. The minimum atomic E-state index is 0.0893. The van der Waals surface area contributed by atoms with Crippen LogP contribution in [0.25, 0.3) is 17.3 Å². The fourth-order valence-corrected chi connectivity index (χ4v) is 2.97. The largest absolute Gasteiger partial charge is 0.493 e. The van der Waals surface area contributed by atoms with Gasteiger partial charge in [-0.05, 0) is 36.5 Å². The van der Waals surface area contributed by atoms with Crippen LogP contribution in [-0.2, 0) is 0 Å². The Morgan fingerprint density at radius 3 is 2.61 bits per heavy atom. The summed E-state index contributed by atoms with van der Waals surface area (Å²) in [4.78, 5) is 7.43. The molecule has 2 N–H and O–H groups in total. The summed E-state index contributed by atoms with van der Waals surface area (Å²) in [7, 11) is 0. The van der Waals surface area contributed by atoms with Gasteiger partial charge in [-0.15, -0.1) is 0 Å². The van der Waals surface area contributed by atoms with E-state index < -0.39 is 0 Å². The lowest BCUT2D eigenvalue weighted by atomic mass is 10.1. The molecule has 0 saturated carbocycles. The maximum atomic E-state index is 10.5. The van der Waals surface area contributed by atoms with Crippen molar-refractivity contribution in [3.63, 3.8) is 0 Å². The van der Waals surface area contributed by atoms with E-state index in [9.17, 15) is 5.11 Å². The Kier molecular flexibility index (Phi) is 3.20. The fraction of sp³-hybridized carbons (Fsp3) is 0. The summed E-state index contributed by atoms with van der Waals surface area (Å²) in [6.45, 7) is 0. The van der Waals surface area contributed by atoms with Gasteiger partial charge in [0.25, 0.3) is 0 Å². The van der Waals surface area contributed by atoms with E-state index in [1.165, 1.54) is 0 Å². The molecule has 112 valence electrons. The molecule has 5 heteroatoms. The molecule has 0 saturated heterocycles. The third-order valence-electron chi connectivity index (χ3n) is 3.77. The molecule has 0 fully saturated rings. The number of nitrogens with one attached hydrogen (secondary N) is 1. The minimum Gasteiger partial charge on any atom is -0.493 e. The van der Waals surface area contributed by atoms with Crippen LogP contribution in [0.4, 0.5) is 5.69 Å². The number of para-hydroxylation sites is 2. The second-order valence-corrected chi connectivity index (χ2v) is 5.60. The topological polar surface area (TPSA) is 53.3 Å². The molecule has 0 atom stereocenters. The number of imidazole rings is 1. The number of benzene rings is 2. The Morgan fingerprint density at radius 1 is 1.04 bits per heavy atom. The van der Waals surface area contributed by atoms with E-state index in [-0.39, 0.29) is 5.88 Å². The molecule has 0 aliphatic carbocycles. The lowest BCUT2D eigenvalue weighted by molar-refractivity contribution is 0.441. The Bertz CT molecular complexity index is 997. The molecule has 0 spiro atoms. The average molecular weight is 319 g/mol. The summed E-state index contributed by atoms with van der Waals surface area (Å²) in [5.74, 6) is 0.0893. The first-order chi connectivity index (χ1) is 11.2. The van der Waals surface area contributed by atoms with E-state index in [1.807, 2.05) is 60.7 Å². The number of aliphatic imine (C=N–C) groups is 1. The van der Waals surface area contributed by atoms with E-state index in [0.29, 0.717) is 10.5 Å². The van der Waals surface area contributed by atoms with Crippen molar-refractivity contribution in [1.82, 2.24) is 9.55 Å². The number of H-pyrrole nitrogens is 1. The standard InChI is InChI=1S/C18H13N3OS/c22-17-16(10-12-11-19-15-9-5-4-8-14(12)15)20-18(23)21(17)13-6-2-1-3-7-13/h1-11,22H,(H,20,23). The molecule has 2 heterocycles. The molecular weight excluding hydrogens is 306 g/mol. The van der Waals surface area contributed by atoms with Gasteiger partial charge in [0.15, 0.2) is 4.77 Å². The summed E-state index contributed by atoms with van der Waals surface area (Å²) in [5, 5.41) is 10.5. The molecule has 3 aromatic rings. The second kappa shape index (κ2) is 5.37. The summed E-state index contributed by atoms with van der Waals surface area (Å²) in [6, 6.07) is 17.4. The third kappa shape index (κ3) is 2.31. The zero-order chi connectivity index (χ0) is 15.8. The normalized spacial score (nSPS) is 14.3. The van der Waals surface area contributed by atoms with Crippen molar-refractivity contribution in [2.24, 2.45) is 4.99 Å². The third-order valence-corrected chi connectivity index (χ3v) is 4.05. The van der Waals surface area contributed by atoms with E-state index >= 15 is 0 Å². The van der Waals surface area contributed by atoms with Gasteiger partial charge in [-0.2, -0.15) is 0 Å². The molecule has 0 unspecified atom stereocenters. The van der Waals surface area contributed by atoms with Crippen molar-refractivity contribution < 1.29 is 5.11 Å². The van der Waals surface area contributed by atoms with Crippen molar-refractivity contribution in [3.8, 4) is 11.6 Å². The zero-order valence-corrected chi connectivity index (χ0v) is 12.9. The van der Waals surface area contributed by atoms with Crippen molar-refractivity contribution in [2.75, 3.05) is 0 Å². The number of aromatic hydroxyl groups is 1. The van der Waals surface area contributed by atoms with Crippen LogP contribution in [0.5, 0.6) is 5.88 Å². The van der Waals surface area contributed by atoms with Crippen LogP contribution in [0.1, 0.15) is 11.3 Å². The van der Waals surface area contributed by atoms with Gasteiger partial charge in [0.1, 0.15) is 5.69 Å². The number of aromatic amines is 1. The van der Waals surface area contributed by atoms with Crippen LogP contribution in [0.3, 0.4) is 0 Å². The van der Waals surface area contributed by atoms with Crippen LogP contribution in [-0.4, -0.2) is 20.9 Å². The monoisotopic (exact) mass is 319 g/mol. The van der Waals surface area contributed by atoms with Gasteiger partial charge in [0.05, 0.1) is 11.4 Å². The molecule has 4 rings (SSSR count). The average Bonchev–Trinajstić information content (AvgIpc) is 3.10. The summed E-state index contributed by atoms with van der Waals surface area (Å²) >= 11 is 5.35. The maximum absolute atomic E-state index is 10.5. The smallest absolute Gasteiger partial charge is 0.222 e. The predicted molar refractivity (Wildman–Crippen MR) is 95.1 cm³/mol. The van der Waals surface area contributed by atoms with Crippen LogP contribution >= 0.6 is 12.2 Å². The first kappa shape index (κ1) is 13.7. The highest BCUT2D eigenvalue weighted by atomic mass is 32.1. The van der Waals surface area contributed by atoms with Gasteiger partial charge >= 0.3 is 0 Å².